The SMILES string of the molecule is O=C(Nc1ccc(-n2ccnc2)nc1)c1cc2ccccc2cc1O. The number of aromatic hydroxyl groups is 1. The van der Waals surface area contributed by atoms with Crippen LogP contribution in [0.3, 0.4) is 0 Å². The summed E-state index contributed by atoms with van der Waals surface area (Å²) in [6, 6.07) is 14.3. The van der Waals surface area contributed by atoms with Crippen molar-refractivity contribution in [2.75, 3.05) is 5.32 Å². The molecule has 0 saturated carbocycles. The molecule has 0 radical (unpaired) electrons. The first kappa shape index (κ1) is 14.9. The molecule has 122 valence electrons. The van der Waals surface area contributed by atoms with Crippen LogP contribution in [-0.4, -0.2) is 25.5 Å². The number of hydrogen-bond acceptors (Lipinski definition) is 4. The molecule has 2 aromatic heterocycles. The van der Waals surface area contributed by atoms with Gasteiger partial charge in [0.1, 0.15) is 17.9 Å². The van der Waals surface area contributed by atoms with Crippen LogP contribution in [0, 0.1) is 0 Å². The molecule has 1 amide bonds. The number of nitrogens with one attached hydrogen (secondary N) is 1. The minimum atomic E-state index is -0.388. The van der Waals surface area contributed by atoms with Gasteiger partial charge in [-0.05, 0) is 35.0 Å². The Morgan fingerprint density at radius 1 is 1.08 bits per heavy atom. The fraction of sp³-hybridized carbons (Fsp3) is 0. The highest BCUT2D eigenvalue weighted by atomic mass is 16.3. The summed E-state index contributed by atoms with van der Waals surface area (Å²) in [6.45, 7) is 0. The number of pyridine rings is 1. The Kier molecular flexibility index (Phi) is 3.63. The molecule has 0 atom stereocenters. The lowest BCUT2D eigenvalue weighted by molar-refractivity contribution is 0.102. The van der Waals surface area contributed by atoms with Crippen molar-refractivity contribution in [1.82, 2.24) is 14.5 Å². The lowest BCUT2D eigenvalue weighted by Gasteiger charge is -2.09. The highest BCUT2D eigenvalue weighted by molar-refractivity contribution is 6.08. The second-order valence-electron chi connectivity index (χ2n) is 5.55. The zero-order chi connectivity index (χ0) is 17.2. The number of phenols is 1. The van der Waals surface area contributed by atoms with Crippen molar-refractivity contribution in [2.45, 2.75) is 0 Å². The molecule has 6 nitrogen and oxygen atoms in total. The zero-order valence-corrected chi connectivity index (χ0v) is 13.1. The number of imidazole rings is 1. The van der Waals surface area contributed by atoms with Crippen LogP contribution in [0.15, 0.2) is 73.4 Å². The molecular weight excluding hydrogens is 316 g/mol. The van der Waals surface area contributed by atoms with E-state index < -0.39 is 0 Å². The van der Waals surface area contributed by atoms with Gasteiger partial charge in [0.05, 0.1) is 17.4 Å². The Morgan fingerprint density at radius 2 is 1.88 bits per heavy atom. The fourth-order valence-corrected chi connectivity index (χ4v) is 2.62. The first-order chi connectivity index (χ1) is 12.2. The predicted octanol–water partition coefficient (Wildman–Crippen LogP) is 3.38. The topological polar surface area (TPSA) is 80.0 Å². The smallest absolute Gasteiger partial charge is 0.259 e. The number of carbonyl (C=O) groups excluding carboxylic acids is 1. The van der Waals surface area contributed by atoms with E-state index in [0.29, 0.717) is 11.5 Å². The first-order valence-corrected chi connectivity index (χ1v) is 7.68. The van der Waals surface area contributed by atoms with Crippen molar-refractivity contribution in [3.8, 4) is 11.6 Å². The van der Waals surface area contributed by atoms with Crippen LogP contribution < -0.4 is 5.32 Å². The molecule has 4 rings (SSSR count). The maximum Gasteiger partial charge on any atom is 0.259 e. The Hall–Kier alpha value is -3.67. The van der Waals surface area contributed by atoms with Crippen LogP contribution in [0.1, 0.15) is 10.4 Å². The predicted molar refractivity (Wildman–Crippen MR) is 94.9 cm³/mol. The van der Waals surface area contributed by atoms with Crippen molar-refractivity contribution < 1.29 is 9.90 Å². The molecule has 4 aromatic rings. The van der Waals surface area contributed by atoms with Crippen LogP contribution >= 0.6 is 0 Å². The number of anilines is 1. The van der Waals surface area contributed by atoms with E-state index in [2.05, 4.69) is 15.3 Å². The van der Waals surface area contributed by atoms with Gasteiger partial charge in [0.2, 0.25) is 0 Å². The molecule has 2 aromatic carbocycles. The van der Waals surface area contributed by atoms with E-state index >= 15 is 0 Å². The van der Waals surface area contributed by atoms with E-state index in [0.717, 1.165) is 10.8 Å². The molecule has 0 saturated heterocycles. The Morgan fingerprint density at radius 3 is 2.56 bits per heavy atom. The molecule has 0 unspecified atom stereocenters. The summed E-state index contributed by atoms with van der Waals surface area (Å²) in [4.78, 5) is 20.7. The van der Waals surface area contributed by atoms with Gasteiger partial charge in [0.25, 0.3) is 5.91 Å². The normalized spacial score (nSPS) is 10.7. The molecule has 2 N–H and O–H groups in total. The lowest BCUT2D eigenvalue weighted by Crippen LogP contribution is -2.12. The van der Waals surface area contributed by atoms with Gasteiger partial charge in [-0.15, -0.1) is 0 Å². The molecule has 0 spiro atoms. The van der Waals surface area contributed by atoms with E-state index in [1.807, 2.05) is 24.3 Å². The third-order valence-corrected chi connectivity index (χ3v) is 3.88. The van der Waals surface area contributed by atoms with Gasteiger partial charge in [0.15, 0.2) is 0 Å². The maximum absolute atomic E-state index is 12.5. The van der Waals surface area contributed by atoms with E-state index in [-0.39, 0.29) is 17.2 Å². The second-order valence-corrected chi connectivity index (χ2v) is 5.55. The molecule has 2 heterocycles. The molecule has 6 heteroatoms. The number of benzene rings is 2. The summed E-state index contributed by atoms with van der Waals surface area (Å²) >= 11 is 0. The van der Waals surface area contributed by atoms with Gasteiger partial charge in [0, 0.05) is 12.4 Å². The van der Waals surface area contributed by atoms with E-state index in [1.54, 1.807) is 53.8 Å². The summed E-state index contributed by atoms with van der Waals surface area (Å²) in [6.07, 6.45) is 6.66. The van der Waals surface area contributed by atoms with Gasteiger partial charge < -0.3 is 10.4 Å². The number of nitrogens with zero attached hydrogens (tertiary/aromatic N) is 3. The van der Waals surface area contributed by atoms with Gasteiger partial charge in [-0.2, -0.15) is 0 Å². The number of hydrogen-bond donors (Lipinski definition) is 2. The average Bonchev–Trinajstić information content (AvgIpc) is 3.16. The molecule has 0 aliphatic heterocycles. The van der Waals surface area contributed by atoms with Crippen molar-refractivity contribution in [1.29, 1.82) is 0 Å². The second kappa shape index (κ2) is 6.09. The molecule has 0 aliphatic carbocycles. The summed E-state index contributed by atoms with van der Waals surface area (Å²) < 4.78 is 1.76. The molecular formula is C19H14N4O2. The first-order valence-electron chi connectivity index (χ1n) is 7.68. The van der Waals surface area contributed by atoms with Crippen LogP contribution in [0.4, 0.5) is 5.69 Å². The van der Waals surface area contributed by atoms with Crippen LogP contribution in [0.2, 0.25) is 0 Å². The van der Waals surface area contributed by atoms with E-state index in [9.17, 15) is 9.90 Å². The largest absolute Gasteiger partial charge is 0.507 e. The van der Waals surface area contributed by atoms with E-state index in [4.69, 9.17) is 0 Å². The van der Waals surface area contributed by atoms with Crippen LogP contribution in [0.25, 0.3) is 16.6 Å². The number of fused-ring (bicyclic) bond motifs is 1. The standard InChI is InChI=1S/C19H14N4O2/c24-17-10-14-4-2-1-3-13(14)9-16(17)19(25)22-15-5-6-18(21-11-15)23-8-7-20-12-23/h1-12,24H,(H,22,25). The zero-order valence-electron chi connectivity index (χ0n) is 13.1. The summed E-state index contributed by atoms with van der Waals surface area (Å²) in [7, 11) is 0. The minimum Gasteiger partial charge on any atom is -0.507 e. The van der Waals surface area contributed by atoms with Gasteiger partial charge in [-0.25, -0.2) is 9.97 Å². The van der Waals surface area contributed by atoms with E-state index in [1.165, 1.54) is 0 Å². The van der Waals surface area contributed by atoms with Crippen LogP contribution in [-0.2, 0) is 0 Å². The summed E-state index contributed by atoms with van der Waals surface area (Å²) in [5.74, 6) is 0.253. The summed E-state index contributed by atoms with van der Waals surface area (Å²) in [5, 5.41) is 14.7. The number of aromatic nitrogens is 3. The highest BCUT2D eigenvalue weighted by Gasteiger charge is 2.13. The monoisotopic (exact) mass is 330 g/mol. The van der Waals surface area contributed by atoms with Gasteiger partial charge in [-0.1, -0.05) is 24.3 Å². The van der Waals surface area contributed by atoms with Crippen molar-refractivity contribution >= 4 is 22.4 Å². The third-order valence-electron chi connectivity index (χ3n) is 3.88. The molecule has 25 heavy (non-hydrogen) atoms. The van der Waals surface area contributed by atoms with Crippen molar-refractivity contribution in [3.05, 3.63) is 79.0 Å². The molecule has 0 fully saturated rings. The lowest BCUT2D eigenvalue weighted by atomic mass is 10.1. The van der Waals surface area contributed by atoms with Crippen molar-refractivity contribution in [2.24, 2.45) is 0 Å². The maximum atomic E-state index is 12.5. The Labute approximate surface area is 143 Å². The van der Waals surface area contributed by atoms with Crippen LogP contribution in [0.5, 0.6) is 5.75 Å². The van der Waals surface area contributed by atoms with Gasteiger partial charge >= 0.3 is 0 Å². The van der Waals surface area contributed by atoms with Gasteiger partial charge in [-0.3, -0.25) is 9.36 Å². The number of rotatable bonds is 3. The summed E-state index contributed by atoms with van der Waals surface area (Å²) in [5.41, 5.74) is 0.763. The minimum absolute atomic E-state index is 0.0563. The Bertz CT molecular complexity index is 1040. The van der Waals surface area contributed by atoms with Crippen molar-refractivity contribution in [3.63, 3.8) is 0 Å². The third kappa shape index (κ3) is 2.92. The number of carbonyl (C=O) groups is 1. The fourth-order valence-electron chi connectivity index (χ4n) is 2.62. The molecule has 0 aliphatic rings. The Balaban J connectivity index is 1.58. The molecule has 0 bridgehead atoms. The highest BCUT2D eigenvalue weighted by Crippen LogP contribution is 2.25. The number of amides is 1. The average molecular weight is 330 g/mol. The quantitative estimate of drug-likeness (QED) is 0.603. The number of phenolic OH excluding ortho intramolecular Hbond substituents is 1.